The van der Waals surface area contributed by atoms with Gasteiger partial charge in [0.15, 0.2) is 10.9 Å². The lowest BCUT2D eigenvalue weighted by Crippen LogP contribution is -2.29. The quantitative estimate of drug-likeness (QED) is 0.328. The zero-order valence-corrected chi connectivity index (χ0v) is 19.2. The molecule has 1 unspecified atom stereocenters. The highest BCUT2D eigenvalue weighted by atomic mass is 32.1. The van der Waals surface area contributed by atoms with Gasteiger partial charge in [-0.3, -0.25) is 4.79 Å². The van der Waals surface area contributed by atoms with E-state index in [0.29, 0.717) is 12.3 Å². The van der Waals surface area contributed by atoms with Gasteiger partial charge < -0.3 is 14.4 Å². The summed E-state index contributed by atoms with van der Waals surface area (Å²) < 4.78 is 5.28. The lowest BCUT2D eigenvalue weighted by molar-refractivity contribution is 0.0962. The summed E-state index contributed by atoms with van der Waals surface area (Å²) in [5, 5.41) is 6.07. The molecule has 0 saturated heterocycles. The van der Waals surface area contributed by atoms with E-state index in [0.717, 1.165) is 72.0 Å². The first-order valence-corrected chi connectivity index (χ1v) is 12.2. The summed E-state index contributed by atoms with van der Waals surface area (Å²) in [5.74, 6) is 1.50. The maximum absolute atomic E-state index is 13.2. The zero-order chi connectivity index (χ0) is 21.9. The summed E-state index contributed by atoms with van der Waals surface area (Å²) in [6, 6.07) is 8.39. The molecule has 3 aromatic heterocycles. The normalized spacial score (nSPS) is 14.6. The molecule has 7 heteroatoms. The summed E-state index contributed by atoms with van der Waals surface area (Å²) in [6.45, 7) is 3.78. The number of para-hydroxylation sites is 1. The first-order chi connectivity index (χ1) is 15.7. The van der Waals surface area contributed by atoms with Gasteiger partial charge in [-0.05, 0) is 30.4 Å². The van der Waals surface area contributed by atoms with Crippen LogP contribution in [0, 0.1) is 5.92 Å². The number of H-pyrrole nitrogens is 1. The van der Waals surface area contributed by atoms with E-state index in [9.17, 15) is 4.79 Å². The number of carbonyl (C=O) groups is 1. The van der Waals surface area contributed by atoms with Gasteiger partial charge in [-0.1, -0.05) is 54.5 Å². The van der Waals surface area contributed by atoms with Crippen molar-refractivity contribution in [2.75, 3.05) is 11.4 Å². The molecule has 1 aromatic carbocycles. The van der Waals surface area contributed by atoms with E-state index in [2.05, 4.69) is 51.3 Å². The van der Waals surface area contributed by atoms with E-state index in [1.807, 2.05) is 6.07 Å². The van der Waals surface area contributed by atoms with Crippen LogP contribution < -0.4 is 4.90 Å². The average molecular weight is 449 g/mol. The van der Waals surface area contributed by atoms with Crippen LogP contribution in [0.1, 0.15) is 59.2 Å². The Balaban J connectivity index is 1.27. The number of ketones is 1. The van der Waals surface area contributed by atoms with Gasteiger partial charge >= 0.3 is 0 Å². The molecule has 6 nitrogen and oxygen atoms in total. The third kappa shape index (κ3) is 4.35. The van der Waals surface area contributed by atoms with Crippen LogP contribution in [0.3, 0.4) is 0 Å². The second-order valence-electron chi connectivity index (χ2n) is 8.65. The maximum Gasteiger partial charge on any atom is 0.186 e. The lowest BCUT2D eigenvalue weighted by Gasteiger charge is -2.24. The van der Waals surface area contributed by atoms with E-state index < -0.39 is 0 Å². The summed E-state index contributed by atoms with van der Waals surface area (Å²) in [7, 11) is 0. The fourth-order valence-corrected chi connectivity index (χ4v) is 5.48. The highest BCUT2D eigenvalue weighted by Crippen LogP contribution is 2.31. The van der Waals surface area contributed by atoms with Crippen molar-refractivity contribution >= 4 is 33.2 Å². The lowest BCUT2D eigenvalue weighted by atomic mass is 9.89. The highest BCUT2D eigenvalue weighted by molar-refractivity contribution is 7.17. The summed E-state index contributed by atoms with van der Waals surface area (Å²) in [6.07, 6.45) is 11.3. The molecule has 1 aliphatic heterocycles. The number of fused-ring (bicyclic) bond motifs is 2. The Bertz CT molecular complexity index is 1210. The fourth-order valence-electron chi connectivity index (χ4n) is 4.59. The third-order valence-corrected chi connectivity index (χ3v) is 7.46. The molecule has 0 radical (unpaired) electrons. The molecule has 4 aromatic rings. The van der Waals surface area contributed by atoms with Gasteiger partial charge in [0, 0.05) is 42.0 Å². The molecular weight excluding hydrogens is 420 g/mol. The van der Waals surface area contributed by atoms with Crippen molar-refractivity contribution in [2.24, 2.45) is 5.92 Å². The largest absolute Gasteiger partial charge is 0.361 e. The number of carbonyl (C=O) groups excluding carboxylic acids is 1. The molecular formula is C25H28N4O2S. The number of thiazole rings is 1. The first kappa shape index (κ1) is 20.9. The number of hydrogen-bond donors (Lipinski definition) is 1. The summed E-state index contributed by atoms with van der Waals surface area (Å²) >= 11 is 1.51. The minimum Gasteiger partial charge on any atom is -0.361 e. The van der Waals surface area contributed by atoms with Crippen LogP contribution in [0.25, 0.3) is 10.9 Å². The highest BCUT2D eigenvalue weighted by Gasteiger charge is 2.24. The van der Waals surface area contributed by atoms with Gasteiger partial charge in [0.05, 0.1) is 23.8 Å². The van der Waals surface area contributed by atoms with Gasteiger partial charge in [0.2, 0.25) is 0 Å². The van der Waals surface area contributed by atoms with E-state index in [4.69, 9.17) is 4.52 Å². The molecule has 0 bridgehead atoms. The number of aromatic amines is 1. The topological polar surface area (TPSA) is 75.0 Å². The Morgan fingerprint density at radius 2 is 2.22 bits per heavy atom. The number of benzene rings is 1. The van der Waals surface area contributed by atoms with Crippen LogP contribution in [0.2, 0.25) is 0 Å². The van der Waals surface area contributed by atoms with Crippen molar-refractivity contribution in [3.63, 3.8) is 0 Å². The van der Waals surface area contributed by atoms with Crippen LogP contribution >= 0.6 is 11.3 Å². The third-order valence-electron chi connectivity index (χ3n) is 6.36. The Hall–Kier alpha value is -2.93. The predicted octanol–water partition coefficient (Wildman–Crippen LogP) is 5.80. The van der Waals surface area contributed by atoms with Crippen molar-refractivity contribution in [1.29, 1.82) is 0 Å². The number of Topliss-reactive ketones (excluding diaryl/α,β-unsaturated/α-hetero) is 1. The second kappa shape index (κ2) is 9.28. The van der Waals surface area contributed by atoms with E-state index in [-0.39, 0.29) is 5.78 Å². The molecule has 1 aliphatic rings. The van der Waals surface area contributed by atoms with Gasteiger partial charge in [-0.25, -0.2) is 4.98 Å². The van der Waals surface area contributed by atoms with Crippen LogP contribution in [0.5, 0.6) is 0 Å². The molecule has 0 saturated carbocycles. The van der Waals surface area contributed by atoms with Crippen molar-refractivity contribution in [2.45, 2.75) is 52.0 Å². The smallest absolute Gasteiger partial charge is 0.186 e. The Morgan fingerprint density at radius 1 is 1.31 bits per heavy atom. The van der Waals surface area contributed by atoms with Crippen molar-refractivity contribution in [1.82, 2.24) is 15.1 Å². The van der Waals surface area contributed by atoms with Crippen LogP contribution in [-0.4, -0.2) is 27.5 Å². The van der Waals surface area contributed by atoms with Crippen molar-refractivity contribution in [3.05, 3.63) is 64.6 Å². The first-order valence-electron chi connectivity index (χ1n) is 11.4. The average Bonchev–Trinajstić information content (AvgIpc) is 3.56. The molecule has 1 N–H and O–H groups in total. The number of nitrogens with one attached hydrogen (secondary N) is 1. The van der Waals surface area contributed by atoms with Crippen molar-refractivity contribution in [3.8, 4) is 0 Å². The van der Waals surface area contributed by atoms with E-state index in [1.54, 1.807) is 12.4 Å². The van der Waals surface area contributed by atoms with Gasteiger partial charge in [-0.15, -0.1) is 0 Å². The summed E-state index contributed by atoms with van der Waals surface area (Å²) in [4.78, 5) is 24.1. The number of unbranched alkanes of at least 4 members (excludes halogenated alkanes) is 1. The standard InChI is InChI=1S/C25H28N4O2S/c1-2-3-6-17(11-18-13-26-21-8-5-4-7-20(18)21)12-22(30)24-15-27-25(32-24)29-10-9-23-19(16-29)14-28-31-23/h4-5,7-8,13-15,17,26H,2-3,6,9-12,16H2,1H3. The number of hydrogen-bond acceptors (Lipinski definition) is 6. The molecule has 32 heavy (non-hydrogen) atoms. The number of aromatic nitrogens is 3. The molecule has 1 atom stereocenters. The van der Waals surface area contributed by atoms with Gasteiger partial charge in [0.25, 0.3) is 0 Å². The molecule has 0 amide bonds. The van der Waals surface area contributed by atoms with Gasteiger partial charge in [-0.2, -0.15) is 0 Å². The number of rotatable bonds is 9. The number of anilines is 1. The summed E-state index contributed by atoms with van der Waals surface area (Å²) in [5.41, 5.74) is 3.57. The Morgan fingerprint density at radius 3 is 3.12 bits per heavy atom. The van der Waals surface area contributed by atoms with E-state index >= 15 is 0 Å². The Kier molecular flexibility index (Phi) is 6.08. The molecule has 0 spiro atoms. The van der Waals surface area contributed by atoms with Crippen LogP contribution in [-0.2, 0) is 19.4 Å². The fraction of sp³-hybridized carbons (Fsp3) is 0.400. The molecule has 4 heterocycles. The molecule has 0 aliphatic carbocycles. The van der Waals surface area contributed by atoms with Crippen molar-refractivity contribution < 1.29 is 9.32 Å². The van der Waals surface area contributed by atoms with Crippen LogP contribution in [0.15, 0.2) is 47.4 Å². The minimum absolute atomic E-state index is 0.206. The second-order valence-corrected chi connectivity index (χ2v) is 9.66. The van der Waals surface area contributed by atoms with Crippen LogP contribution in [0.4, 0.5) is 5.13 Å². The Labute approximate surface area is 191 Å². The number of nitrogens with zero attached hydrogens (tertiary/aromatic N) is 3. The minimum atomic E-state index is 0.206. The molecule has 5 rings (SSSR count). The SMILES string of the molecule is CCCCC(CC(=O)c1cnc(N2CCc3oncc3C2)s1)Cc1c[nH]c2ccccc12. The maximum atomic E-state index is 13.2. The monoisotopic (exact) mass is 448 g/mol. The van der Waals surface area contributed by atoms with E-state index in [1.165, 1.54) is 22.3 Å². The molecule has 166 valence electrons. The zero-order valence-electron chi connectivity index (χ0n) is 18.3. The molecule has 0 fully saturated rings. The van der Waals surface area contributed by atoms with Gasteiger partial charge in [0.1, 0.15) is 5.76 Å². The predicted molar refractivity (Wildman–Crippen MR) is 127 cm³/mol.